The lowest BCUT2D eigenvalue weighted by molar-refractivity contribution is -0.124. The quantitative estimate of drug-likeness (QED) is 0.795. The van der Waals surface area contributed by atoms with Gasteiger partial charge in [-0.05, 0) is 38.6 Å². The zero-order valence-corrected chi connectivity index (χ0v) is 11.6. The molecule has 0 aromatic heterocycles. The van der Waals surface area contributed by atoms with Gasteiger partial charge < -0.3 is 15.4 Å². The number of amides is 1. The van der Waals surface area contributed by atoms with Gasteiger partial charge in [0.2, 0.25) is 5.91 Å². The predicted molar refractivity (Wildman–Crippen MR) is 71.3 cm³/mol. The molecule has 0 aliphatic carbocycles. The van der Waals surface area contributed by atoms with Crippen molar-refractivity contribution >= 4 is 5.91 Å². The molecule has 0 bridgehead atoms. The summed E-state index contributed by atoms with van der Waals surface area (Å²) in [5, 5.41) is 6.41. The molecule has 104 valence electrons. The highest BCUT2D eigenvalue weighted by atomic mass is 16.5. The highest BCUT2D eigenvalue weighted by molar-refractivity contribution is 5.81. The van der Waals surface area contributed by atoms with Crippen LogP contribution >= 0.6 is 0 Å². The van der Waals surface area contributed by atoms with Crippen LogP contribution in [-0.4, -0.2) is 37.7 Å². The Kier molecular flexibility index (Phi) is 5.01. The predicted octanol–water partition coefficient (Wildman–Crippen LogP) is 1.31. The van der Waals surface area contributed by atoms with E-state index in [1.807, 2.05) is 0 Å². The van der Waals surface area contributed by atoms with Gasteiger partial charge in [0, 0.05) is 19.1 Å². The smallest absolute Gasteiger partial charge is 0.237 e. The number of hydrogen-bond donors (Lipinski definition) is 2. The third-order valence-corrected chi connectivity index (χ3v) is 4.48. The molecule has 4 atom stereocenters. The average molecular weight is 254 g/mol. The van der Waals surface area contributed by atoms with Crippen molar-refractivity contribution in [3.05, 3.63) is 0 Å². The topological polar surface area (TPSA) is 50.4 Å². The summed E-state index contributed by atoms with van der Waals surface area (Å²) in [6, 6.07) is 0.0151. The first kappa shape index (κ1) is 13.8. The lowest BCUT2D eigenvalue weighted by Gasteiger charge is -2.29. The van der Waals surface area contributed by atoms with E-state index >= 15 is 0 Å². The molecule has 0 aromatic rings. The molecule has 2 heterocycles. The Hall–Kier alpha value is -0.610. The van der Waals surface area contributed by atoms with Gasteiger partial charge >= 0.3 is 0 Å². The van der Waals surface area contributed by atoms with Crippen LogP contribution < -0.4 is 10.6 Å². The van der Waals surface area contributed by atoms with Gasteiger partial charge in [0.1, 0.15) is 0 Å². The first-order chi connectivity index (χ1) is 8.70. The maximum atomic E-state index is 12.1. The molecule has 2 rings (SSSR count). The average Bonchev–Trinajstić information content (AvgIpc) is 2.81. The Morgan fingerprint density at radius 2 is 2.28 bits per heavy atom. The number of piperidine rings is 1. The summed E-state index contributed by atoms with van der Waals surface area (Å²) in [5.41, 5.74) is 0. The SMILES string of the molecule is CCC1CCNC(C(=O)NCC2CCOC2C)C1. The Balaban J connectivity index is 1.73. The molecule has 0 spiro atoms. The molecule has 0 radical (unpaired) electrons. The summed E-state index contributed by atoms with van der Waals surface area (Å²) < 4.78 is 5.51. The molecular weight excluding hydrogens is 228 g/mol. The zero-order chi connectivity index (χ0) is 13.0. The summed E-state index contributed by atoms with van der Waals surface area (Å²) in [5.74, 6) is 1.36. The number of hydrogen-bond acceptors (Lipinski definition) is 3. The molecule has 18 heavy (non-hydrogen) atoms. The molecule has 4 unspecified atom stereocenters. The van der Waals surface area contributed by atoms with Crippen LogP contribution in [0.3, 0.4) is 0 Å². The van der Waals surface area contributed by atoms with Crippen molar-refractivity contribution in [2.45, 2.75) is 51.7 Å². The van der Waals surface area contributed by atoms with Crippen LogP contribution in [-0.2, 0) is 9.53 Å². The summed E-state index contributed by atoms with van der Waals surface area (Å²) in [4.78, 5) is 12.1. The van der Waals surface area contributed by atoms with E-state index < -0.39 is 0 Å². The normalized spacial score (nSPS) is 36.6. The van der Waals surface area contributed by atoms with E-state index in [0.29, 0.717) is 11.8 Å². The van der Waals surface area contributed by atoms with Crippen LogP contribution in [0.2, 0.25) is 0 Å². The Morgan fingerprint density at radius 1 is 1.44 bits per heavy atom. The fourth-order valence-electron chi connectivity index (χ4n) is 2.97. The van der Waals surface area contributed by atoms with Crippen LogP contribution in [0, 0.1) is 11.8 Å². The second kappa shape index (κ2) is 6.53. The van der Waals surface area contributed by atoms with E-state index in [9.17, 15) is 4.79 Å². The molecule has 4 heteroatoms. The van der Waals surface area contributed by atoms with Gasteiger partial charge in [-0.15, -0.1) is 0 Å². The zero-order valence-electron chi connectivity index (χ0n) is 11.6. The minimum atomic E-state index is 0.0151. The van der Waals surface area contributed by atoms with Gasteiger partial charge in [0.05, 0.1) is 12.1 Å². The van der Waals surface area contributed by atoms with Crippen LogP contribution in [0.25, 0.3) is 0 Å². The maximum Gasteiger partial charge on any atom is 0.237 e. The van der Waals surface area contributed by atoms with Crippen molar-refractivity contribution in [2.75, 3.05) is 19.7 Å². The van der Waals surface area contributed by atoms with Gasteiger partial charge in [-0.3, -0.25) is 4.79 Å². The van der Waals surface area contributed by atoms with Crippen molar-refractivity contribution in [1.82, 2.24) is 10.6 Å². The van der Waals surface area contributed by atoms with Crippen molar-refractivity contribution in [3.8, 4) is 0 Å². The van der Waals surface area contributed by atoms with Gasteiger partial charge in [0.25, 0.3) is 0 Å². The fourth-order valence-corrected chi connectivity index (χ4v) is 2.97. The molecule has 2 fully saturated rings. The van der Waals surface area contributed by atoms with E-state index in [2.05, 4.69) is 24.5 Å². The molecule has 2 saturated heterocycles. The van der Waals surface area contributed by atoms with E-state index in [1.54, 1.807) is 0 Å². The third-order valence-electron chi connectivity index (χ3n) is 4.48. The minimum absolute atomic E-state index is 0.0151. The number of ether oxygens (including phenoxy) is 1. The van der Waals surface area contributed by atoms with Gasteiger partial charge in [0.15, 0.2) is 0 Å². The summed E-state index contributed by atoms with van der Waals surface area (Å²) in [6.07, 6.45) is 4.72. The Morgan fingerprint density at radius 3 is 2.94 bits per heavy atom. The van der Waals surface area contributed by atoms with Crippen molar-refractivity contribution in [2.24, 2.45) is 11.8 Å². The lowest BCUT2D eigenvalue weighted by atomic mass is 9.90. The van der Waals surface area contributed by atoms with Crippen LogP contribution in [0.4, 0.5) is 0 Å². The van der Waals surface area contributed by atoms with Gasteiger partial charge in [-0.2, -0.15) is 0 Å². The maximum absolute atomic E-state index is 12.1. The first-order valence-corrected chi connectivity index (χ1v) is 7.33. The van der Waals surface area contributed by atoms with E-state index in [-0.39, 0.29) is 18.1 Å². The number of rotatable bonds is 4. The van der Waals surface area contributed by atoms with Crippen LogP contribution in [0.15, 0.2) is 0 Å². The van der Waals surface area contributed by atoms with Crippen LogP contribution in [0.5, 0.6) is 0 Å². The van der Waals surface area contributed by atoms with Crippen LogP contribution in [0.1, 0.15) is 39.5 Å². The van der Waals surface area contributed by atoms with Crippen molar-refractivity contribution < 1.29 is 9.53 Å². The molecule has 1 amide bonds. The fraction of sp³-hybridized carbons (Fsp3) is 0.929. The highest BCUT2D eigenvalue weighted by Crippen LogP contribution is 2.21. The Labute approximate surface area is 110 Å². The highest BCUT2D eigenvalue weighted by Gasteiger charge is 2.28. The second-order valence-corrected chi connectivity index (χ2v) is 5.68. The summed E-state index contributed by atoms with van der Waals surface area (Å²) in [6.45, 7) is 6.87. The monoisotopic (exact) mass is 254 g/mol. The van der Waals surface area contributed by atoms with E-state index in [0.717, 1.165) is 32.5 Å². The molecule has 2 aliphatic heterocycles. The van der Waals surface area contributed by atoms with Gasteiger partial charge in [-0.25, -0.2) is 0 Å². The molecule has 2 aliphatic rings. The minimum Gasteiger partial charge on any atom is -0.378 e. The summed E-state index contributed by atoms with van der Waals surface area (Å²) >= 11 is 0. The third kappa shape index (κ3) is 3.45. The number of carbonyl (C=O) groups is 1. The lowest BCUT2D eigenvalue weighted by Crippen LogP contribution is -2.49. The largest absolute Gasteiger partial charge is 0.378 e. The molecule has 4 nitrogen and oxygen atoms in total. The van der Waals surface area contributed by atoms with E-state index in [4.69, 9.17) is 4.74 Å². The molecular formula is C14H26N2O2. The first-order valence-electron chi connectivity index (χ1n) is 7.33. The Bertz CT molecular complexity index is 283. The van der Waals surface area contributed by atoms with Crippen molar-refractivity contribution in [3.63, 3.8) is 0 Å². The number of carbonyl (C=O) groups excluding carboxylic acids is 1. The molecule has 0 saturated carbocycles. The molecule has 2 N–H and O–H groups in total. The van der Waals surface area contributed by atoms with Crippen molar-refractivity contribution in [1.29, 1.82) is 0 Å². The van der Waals surface area contributed by atoms with E-state index in [1.165, 1.54) is 12.8 Å². The second-order valence-electron chi connectivity index (χ2n) is 5.68. The standard InChI is InChI=1S/C14H26N2O2/c1-3-11-4-6-15-13(8-11)14(17)16-9-12-5-7-18-10(12)2/h10-13,15H,3-9H2,1-2H3,(H,16,17). The number of nitrogens with one attached hydrogen (secondary N) is 2. The summed E-state index contributed by atoms with van der Waals surface area (Å²) in [7, 11) is 0. The molecule has 0 aromatic carbocycles. The van der Waals surface area contributed by atoms with Gasteiger partial charge in [-0.1, -0.05) is 13.3 Å².